The highest BCUT2D eigenvalue weighted by molar-refractivity contribution is 6.32. The maximum Gasteiger partial charge on any atom is 0.450 e. The van der Waals surface area contributed by atoms with Crippen molar-refractivity contribution in [2.45, 2.75) is 6.18 Å². The molecule has 2 N–H and O–H groups in total. The molecule has 2 rings (SSSR count). The van der Waals surface area contributed by atoms with Gasteiger partial charge in [0, 0.05) is 11.9 Å². The minimum Gasteiger partial charge on any atom is -0.399 e. The number of nitrogens with zero attached hydrogens (tertiary/aromatic N) is 2. The molecule has 0 radical (unpaired) electrons. The fourth-order valence-electron chi connectivity index (χ4n) is 1.26. The lowest BCUT2D eigenvalue weighted by Gasteiger charge is -2.04. The molecular formula is C8H5ClF3N3. The lowest BCUT2D eigenvalue weighted by Crippen LogP contribution is -2.10. The van der Waals surface area contributed by atoms with Gasteiger partial charge in [-0.3, -0.25) is 4.40 Å². The van der Waals surface area contributed by atoms with Crippen LogP contribution in [-0.2, 0) is 6.18 Å². The number of hydrogen-bond donors (Lipinski definition) is 1. The second kappa shape index (κ2) is 3.03. The predicted molar refractivity (Wildman–Crippen MR) is 49.6 cm³/mol. The average molecular weight is 236 g/mol. The first kappa shape index (κ1) is 10.1. The summed E-state index contributed by atoms with van der Waals surface area (Å²) in [6, 6.07) is 2.69. The van der Waals surface area contributed by atoms with E-state index in [9.17, 15) is 13.2 Å². The quantitative estimate of drug-likeness (QED) is 0.763. The summed E-state index contributed by atoms with van der Waals surface area (Å²) in [5.41, 5.74) is 5.90. The zero-order chi connectivity index (χ0) is 11.2. The molecule has 7 heteroatoms. The van der Waals surface area contributed by atoms with E-state index >= 15 is 0 Å². The Morgan fingerprint density at radius 2 is 2.07 bits per heavy atom. The standard InChI is InChI=1S/C8H5ClF3N3/c9-6-5-3-4(13)1-2-15(5)7(14-6)8(10,11)12/h1-3H,13H2. The number of nitrogen functional groups attached to an aromatic ring is 1. The summed E-state index contributed by atoms with van der Waals surface area (Å²) in [5, 5.41) is -0.213. The molecule has 15 heavy (non-hydrogen) atoms. The van der Waals surface area contributed by atoms with Gasteiger partial charge in [0.2, 0.25) is 5.82 Å². The zero-order valence-corrected chi connectivity index (χ0v) is 7.97. The molecule has 0 saturated heterocycles. The van der Waals surface area contributed by atoms with Gasteiger partial charge in [-0.15, -0.1) is 0 Å². The Morgan fingerprint density at radius 1 is 1.40 bits per heavy atom. The number of imidazole rings is 1. The van der Waals surface area contributed by atoms with Crippen LogP contribution in [-0.4, -0.2) is 9.38 Å². The van der Waals surface area contributed by atoms with E-state index in [-0.39, 0.29) is 10.7 Å². The molecule has 2 heterocycles. The van der Waals surface area contributed by atoms with Crippen LogP contribution < -0.4 is 5.73 Å². The number of hydrogen-bond acceptors (Lipinski definition) is 2. The topological polar surface area (TPSA) is 43.3 Å². The van der Waals surface area contributed by atoms with Crippen molar-refractivity contribution in [1.29, 1.82) is 0 Å². The Hall–Kier alpha value is -1.43. The molecule has 0 aromatic carbocycles. The first-order valence-electron chi connectivity index (χ1n) is 3.90. The fourth-order valence-corrected chi connectivity index (χ4v) is 1.49. The van der Waals surface area contributed by atoms with Crippen LogP contribution in [0.5, 0.6) is 0 Å². The third kappa shape index (κ3) is 1.61. The smallest absolute Gasteiger partial charge is 0.399 e. The highest BCUT2D eigenvalue weighted by Crippen LogP contribution is 2.32. The van der Waals surface area contributed by atoms with E-state index in [1.165, 1.54) is 18.3 Å². The Kier molecular flexibility index (Phi) is 2.04. The van der Waals surface area contributed by atoms with E-state index in [0.717, 1.165) is 4.40 Å². The first-order valence-corrected chi connectivity index (χ1v) is 4.27. The van der Waals surface area contributed by atoms with Gasteiger partial charge in [-0.2, -0.15) is 13.2 Å². The first-order chi connectivity index (χ1) is 6.89. The number of aromatic nitrogens is 2. The van der Waals surface area contributed by atoms with Crippen LogP contribution in [0.15, 0.2) is 18.3 Å². The summed E-state index contributed by atoms with van der Waals surface area (Å²) in [5.74, 6) is -1.05. The van der Waals surface area contributed by atoms with Crippen LogP contribution >= 0.6 is 11.6 Å². The summed E-state index contributed by atoms with van der Waals surface area (Å²) in [4.78, 5) is 3.25. The molecule has 0 aliphatic carbocycles. The molecule has 0 bridgehead atoms. The van der Waals surface area contributed by atoms with Gasteiger partial charge in [-0.1, -0.05) is 11.6 Å². The molecule has 0 atom stereocenters. The largest absolute Gasteiger partial charge is 0.450 e. The van der Waals surface area contributed by atoms with Crippen molar-refractivity contribution >= 4 is 22.8 Å². The van der Waals surface area contributed by atoms with Gasteiger partial charge in [0.25, 0.3) is 0 Å². The lowest BCUT2D eigenvalue weighted by atomic mass is 10.4. The third-order valence-corrected chi connectivity index (χ3v) is 2.15. The van der Waals surface area contributed by atoms with Crippen LogP contribution in [0.3, 0.4) is 0 Å². The number of halogens is 4. The summed E-state index contributed by atoms with van der Waals surface area (Å²) in [7, 11) is 0. The molecular weight excluding hydrogens is 231 g/mol. The molecule has 0 saturated carbocycles. The van der Waals surface area contributed by atoms with Crippen LogP contribution in [0, 0.1) is 0 Å². The summed E-state index contributed by atoms with van der Waals surface area (Å²) >= 11 is 5.57. The van der Waals surface area contributed by atoms with Crippen LogP contribution in [0.1, 0.15) is 5.82 Å². The number of anilines is 1. The number of nitrogens with two attached hydrogens (primary N) is 1. The molecule has 0 fully saturated rings. The maximum absolute atomic E-state index is 12.5. The van der Waals surface area contributed by atoms with Crippen molar-refractivity contribution in [3.63, 3.8) is 0 Å². The van der Waals surface area contributed by atoms with Crippen molar-refractivity contribution in [3.8, 4) is 0 Å². The van der Waals surface area contributed by atoms with Gasteiger partial charge in [0.1, 0.15) is 0 Å². The second-order valence-electron chi connectivity index (χ2n) is 2.94. The summed E-state index contributed by atoms with van der Waals surface area (Å²) in [6.07, 6.45) is -3.35. The van der Waals surface area contributed by atoms with Gasteiger partial charge in [-0.25, -0.2) is 4.98 Å². The Bertz CT molecular complexity index is 518. The van der Waals surface area contributed by atoms with Crippen LogP contribution in [0.4, 0.5) is 18.9 Å². The van der Waals surface area contributed by atoms with Gasteiger partial charge in [-0.05, 0) is 12.1 Å². The molecule has 0 spiro atoms. The molecule has 0 amide bonds. The van der Waals surface area contributed by atoms with Crippen molar-refractivity contribution in [2.24, 2.45) is 0 Å². The normalized spacial score (nSPS) is 12.3. The Morgan fingerprint density at radius 3 is 2.67 bits per heavy atom. The number of rotatable bonds is 0. The molecule has 2 aromatic rings. The molecule has 2 aromatic heterocycles. The van der Waals surface area contributed by atoms with Crippen molar-refractivity contribution < 1.29 is 13.2 Å². The van der Waals surface area contributed by atoms with E-state index in [1.807, 2.05) is 0 Å². The monoisotopic (exact) mass is 235 g/mol. The molecule has 0 aliphatic heterocycles. The number of pyridine rings is 1. The third-order valence-electron chi connectivity index (χ3n) is 1.88. The minimum absolute atomic E-state index is 0.143. The Labute approximate surface area is 87.3 Å². The molecule has 0 unspecified atom stereocenters. The van der Waals surface area contributed by atoms with E-state index in [2.05, 4.69) is 4.98 Å². The maximum atomic E-state index is 12.5. The highest BCUT2D eigenvalue weighted by Gasteiger charge is 2.36. The van der Waals surface area contributed by atoms with Gasteiger partial charge in [0.15, 0.2) is 5.15 Å². The SMILES string of the molecule is Nc1ccn2c(C(F)(F)F)nc(Cl)c2c1. The zero-order valence-electron chi connectivity index (χ0n) is 7.22. The van der Waals surface area contributed by atoms with Crippen molar-refractivity contribution in [2.75, 3.05) is 5.73 Å². The minimum atomic E-state index is -4.54. The van der Waals surface area contributed by atoms with Gasteiger partial charge in [0.05, 0.1) is 5.52 Å². The second-order valence-corrected chi connectivity index (χ2v) is 3.30. The van der Waals surface area contributed by atoms with Crippen LogP contribution in [0.2, 0.25) is 5.15 Å². The number of alkyl halides is 3. The van der Waals surface area contributed by atoms with Gasteiger partial charge >= 0.3 is 6.18 Å². The van der Waals surface area contributed by atoms with E-state index in [0.29, 0.717) is 5.69 Å². The Balaban J connectivity index is 2.79. The molecule has 3 nitrogen and oxygen atoms in total. The van der Waals surface area contributed by atoms with E-state index in [1.54, 1.807) is 0 Å². The number of fused-ring (bicyclic) bond motifs is 1. The summed E-state index contributed by atoms with van der Waals surface area (Å²) < 4.78 is 38.2. The van der Waals surface area contributed by atoms with Crippen molar-refractivity contribution in [3.05, 3.63) is 29.3 Å². The molecule has 80 valence electrons. The average Bonchev–Trinajstić information content (AvgIpc) is 2.43. The molecule has 0 aliphatic rings. The van der Waals surface area contributed by atoms with Crippen molar-refractivity contribution in [1.82, 2.24) is 9.38 Å². The van der Waals surface area contributed by atoms with Gasteiger partial charge < -0.3 is 5.73 Å². The summed E-state index contributed by atoms with van der Waals surface area (Å²) in [6.45, 7) is 0. The van der Waals surface area contributed by atoms with E-state index < -0.39 is 12.0 Å². The highest BCUT2D eigenvalue weighted by atomic mass is 35.5. The predicted octanol–water partition coefficient (Wildman–Crippen LogP) is 2.59. The fraction of sp³-hybridized carbons (Fsp3) is 0.125. The van der Waals surface area contributed by atoms with Crippen LogP contribution in [0.25, 0.3) is 5.52 Å². The lowest BCUT2D eigenvalue weighted by molar-refractivity contribution is -0.145. The van der Waals surface area contributed by atoms with E-state index in [4.69, 9.17) is 17.3 Å².